The molecule has 5 heteroatoms. The Hall–Kier alpha value is -1.62. The molecule has 1 aliphatic carbocycles. The van der Waals surface area contributed by atoms with Crippen LogP contribution in [0.2, 0.25) is 0 Å². The van der Waals surface area contributed by atoms with Crippen LogP contribution in [0.4, 0.5) is 5.82 Å². The Morgan fingerprint density at radius 1 is 1.33 bits per heavy atom. The van der Waals surface area contributed by atoms with E-state index in [1.54, 1.807) is 7.11 Å². The van der Waals surface area contributed by atoms with Gasteiger partial charge in [0, 0.05) is 18.0 Å². The quantitative estimate of drug-likeness (QED) is 0.879. The fourth-order valence-corrected chi connectivity index (χ4v) is 2.91. The van der Waals surface area contributed by atoms with Crippen molar-refractivity contribution in [2.45, 2.75) is 25.7 Å². The predicted molar refractivity (Wildman–Crippen MR) is 87.9 cm³/mol. The molecule has 0 atom stereocenters. The normalized spacial score (nSPS) is 14.0. The highest BCUT2D eigenvalue weighted by atomic mass is 79.9. The Morgan fingerprint density at radius 2 is 2.14 bits per heavy atom. The number of halogens is 1. The molecule has 1 heterocycles. The SMILES string of the molecule is CCNc1nc(-c2cccc(OC)c2)nc(C2CC2)c1Br. The second kappa shape index (κ2) is 6.02. The number of hydrogen-bond acceptors (Lipinski definition) is 4. The Morgan fingerprint density at radius 3 is 2.81 bits per heavy atom. The molecule has 1 aromatic carbocycles. The summed E-state index contributed by atoms with van der Waals surface area (Å²) in [5, 5.41) is 3.31. The van der Waals surface area contributed by atoms with Crippen molar-refractivity contribution < 1.29 is 4.74 Å². The molecule has 1 saturated carbocycles. The highest BCUT2D eigenvalue weighted by molar-refractivity contribution is 9.10. The lowest BCUT2D eigenvalue weighted by atomic mass is 10.2. The molecular formula is C16H18BrN3O. The summed E-state index contributed by atoms with van der Waals surface area (Å²) in [6.45, 7) is 2.90. The third-order valence-electron chi connectivity index (χ3n) is 3.51. The zero-order valence-corrected chi connectivity index (χ0v) is 13.8. The Bertz CT molecular complexity index is 656. The van der Waals surface area contributed by atoms with E-state index in [0.29, 0.717) is 5.92 Å². The third kappa shape index (κ3) is 3.02. The lowest BCUT2D eigenvalue weighted by molar-refractivity contribution is 0.415. The summed E-state index contributed by atoms with van der Waals surface area (Å²) in [5.41, 5.74) is 2.08. The molecule has 1 aromatic heterocycles. The summed E-state index contributed by atoms with van der Waals surface area (Å²) in [6.07, 6.45) is 2.41. The number of benzene rings is 1. The van der Waals surface area contributed by atoms with Crippen LogP contribution in [-0.4, -0.2) is 23.6 Å². The van der Waals surface area contributed by atoms with Crippen LogP contribution in [0.15, 0.2) is 28.7 Å². The van der Waals surface area contributed by atoms with E-state index < -0.39 is 0 Å². The Labute approximate surface area is 133 Å². The first-order chi connectivity index (χ1) is 10.2. The first-order valence-electron chi connectivity index (χ1n) is 7.18. The predicted octanol–water partition coefficient (Wildman–Crippen LogP) is 4.22. The minimum Gasteiger partial charge on any atom is -0.497 e. The molecule has 0 bridgehead atoms. The zero-order valence-electron chi connectivity index (χ0n) is 12.2. The van der Waals surface area contributed by atoms with Gasteiger partial charge in [-0.05, 0) is 47.8 Å². The van der Waals surface area contributed by atoms with Crippen LogP contribution in [0.3, 0.4) is 0 Å². The molecule has 0 aliphatic heterocycles. The Kier molecular flexibility index (Phi) is 4.10. The summed E-state index contributed by atoms with van der Waals surface area (Å²) < 4.78 is 6.29. The molecule has 0 amide bonds. The van der Waals surface area contributed by atoms with Crippen molar-refractivity contribution in [3.8, 4) is 17.1 Å². The van der Waals surface area contributed by atoms with Crippen molar-refractivity contribution >= 4 is 21.7 Å². The maximum Gasteiger partial charge on any atom is 0.161 e. The number of ether oxygens (including phenoxy) is 1. The van der Waals surface area contributed by atoms with Crippen LogP contribution in [0.1, 0.15) is 31.4 Å². The lowest BCUT2D eigenvalue weighted by Gasteiger charge is -2.12. The first-order valence-corrected chi connectivity index (χ1v) is 7.98. The van der Waals surface area contributed by atoms with E-state index >= 15 is 0 Å². The molecule has 0 radical (unpaired) electrons. The standard InChI is InChI=1S/C16H18BrN3O/c1-3-18-16-13(17)14(10-7-8-10)19-15(20-16)11-5-4-6-12(9-11)21-2/h4-6,9-10H,3,7-8H2,1-2H3,(H,18,19,20). The minimum atomic E-state index is 0.559. The molecule has 3 rings (SSSR count). The van der Waals surface area contributed by atoms with Gasteiger partial charge in [0.2, 0.25) is 0 Å². The van der Waals surface area contributed by atoms with Crippen molar-refractivity contribution in [1.29, 1.82) is 0 Å². The smallest absolute Gasteiger partial charge is 0.161 e. The summed E-state index contributed by atoms with van der Waals surface area (Å²) in [7, 11) is 1.67. The van der Waals surface area contributed by atoms with Gasteiger partial charge in [0.05, 0.1) is 17.3 Å². The van der Waals surface area contributed by atoms with Crippen LogP contribution in [0.5, 0.6) is 5.75 Å². The molecule has 21 heavy (non-hydrogen) atoms. The third-order valence-corrected chi connectivity index (χ3v) is 4.29. The molecule has 0 unspecified atom stereocenters. The molecule has 1 aliphatic rings. The largest absolute Gasteiger partial charge is 0.497 e. The van der Waals surface area contributed by atoms with Gasteiger partial charge in [-0.2, -0.15) is 0 Å². The fourth-order valence-electron chi connectivity index (χ4n) is 2.27. The van der Waals surface area contributed by atoms with Crippen LogP contribution in [0, 0.1) is 0 Å². The van der Waals surface area contributed by atoms with Gasteiger partial charge in [-0.15, -0.1) is 0 Å². The maximum atomic E-state index is 5.29. The van der Waals surface area contributed by atoms with Gasteiger partial charge >= 0.3 is 0 Å². The van der Waals surface area contributed by atoms with Crippen LogP contribution < -0.4 is 10.1 Å². The minimum absolute atomic E-state index is 0.559. The van der Waals surface area contributed by atoms with E-state index in [1.807, 2.05) is 24.3 Å². The maximum absolute atomic E-state index is 5.29. The van der Waals surface area contributed by atoms with E-state index in [2.05, 4.69) is 33.2 Å². The number of nitrogens with one attached hydrogen (secondary N) is 1. The Balaban J connectivity index is 2.08. The second-order valence-corrected chi connectivity index (χ2v) is 5.92. The van der Waals surface area contributed by atoms with Gasteiger partial charge in [0.15, 0.2) is 5.82 Å². The van der Waals surface area contributed by atoms with Gasteiger partial charge in [-0.25, -0.2) is 9.97 Å². The van der Waals surface area contributed by atoms with Crippen LogP contribution in [-0.2, 0) is 0 Å². The number of methoxy groups -OCH3 is 1. The lowest BCUT2D eigenvalue weighted by Crippen LogP contribution is -2.05. The van der Waals surface area contributed by atoms with Gasteiger partial charge < -0.3 is 10.1 Å². The molecule has 4 nitrogen and oxygen atoms in total. The molecule has 110 valence electrons. The molecule has 1 N–H and O–H groups in total. The molecular weight excluding hydrogens is 330 g/mol. The molecule has 2 aromatic rings. The number of anilines is 1. The average molecular weight is 348 g/mol. The van der Waals surface area contributed by atoms with Crippen molar-refractivity contribution in [3.63, 3.8) is 0 Å². The van der Waals surface area contributed by atoms with E-state index in [9.17, 15) is 0 Å². The van der Waals surface area contributed by atoms with Crippen molar-refractivity contribution in [1.82, 2.24) is 9.97 Å². The highest BCUT2D eigenvalue weighted by Gasteiger charge is 2.29. The zero-order chi connectivity index (χ0) is 14.8. The number of aromatic nitrogens is 2. The van der Waals surface area contributed by atoms with Crippen LogP contribution >= 0.6 is 15.9 Å². The van der Waals surface area contributed by atoms with Crippen LogP contribution in [0.25, 0.3) is 11.4 Å². The number of hydrogen-bond donors (Lipinski definition) is 1. The first kappa shape index (κ1) is 14.3. The fraction of sp³-hybridized carbons (Fsp3) is 0.375. The monoisotopic (exact) mass is 347 g/mol. The topological polar surface area (TPSA) is 47.0 Å². The molecule has 1 fully saturated rings. The van der Waals surface area contributed by atoms with E-state index in [-0.39, 0.29) is 0 Å². The number of rotatable bonds is 5. The van der Waals surface area contributed by atoms with E-state index in [1.165, 1.54) is 12.8 Å². The van der Waals surface area contributed by atoms with Crippen molar-refractivity contribution in [2.24, 2.45) is 0 Å². The van der Waals surface area contributed by atoms with Gasteiger partial charge in [-0.3, -0.25) is 0 Å². The summed E-state index contributed by atoms with van der Waals surface area (Å²) in [6, 6.07) is 7.87. The molecule has 0 saturated heterocycles. The summed E-state index contributed by atoms with van der Waals surface area (Å²) in [5.74, 6) is 2.99. The average Bonchev–Trinajstić information content (AvgIpc) is 3.34. The van der Waals surface area contributed by atoms with Gasteiger partial charge in [0.25, 0.3) is 0 Å². The highest BCUT2D eigenvalue weighted by Crippen LogP contribution is 2.44. The number of nitrogens with zero attached hydrogens (tertiary/aromatic N) is 2. The summed E-state index contributed by atoms with van der Waals surface area (Å²) in [4.78, 5) is 9.42. The second-order valence-electron chi connectivity index (χ2n) is 5.13. The van der Waals surface area contributed by atoms with Crippen molar-refractivity contribution in [3.05, 3.63) is 34.4 Å². The molecule has 0 spiro atoms. The van der Waals surface area contributed by atoms with Gasteiger partial charge in [-0.1, -0.05) is 12.1 Å². The summed E-state index contributed by atoms with van der Waals surface area (Å²) >= 11 is 3.65. The van der Waals surface area contributed by atoms with E-state index in [4.69, 9.17) is 9.72 Å². The van der Waals surface area contributed by atoms with Gasteiger partial charge in [0.1, 0.15) is 11.6 Å². The van der Waals surface area contributed by atoms with Crippen molar-refractivity contribution in [2.75, 3.05) is 19.0 Å². The van der Waals surface area contributed by atoms with E-state index in [0.717, 1.165) is 39.7 Å².